The fourth-order valence-corrected chi connectivity index (χ4v) is 5.39. The van der Waals surface area contributed by atoms with E-state index in [9.17, 15) is 9.59 Å². The van der Waals surface area contributed by atoms with Crippen LogP contribution in [0, 0.1) is 11.3 Å². The number of pyridine rings is 1. The van der Waals surface area contributed by atoms with Gasteiger partial charge in [0.2, 0.25) is 5.91 Å². The van der Waals surface area contributed by atoms with Gasteiger partial charge in [0, 0.05) is 28.5 Å². The third-order valence-electron chi connectivity index (χ3n) is 6.44. The molecule has 0 radical (unpaired) electrons. The van der Waals surface area contributed by atoms with Crippen LogP contribution in [0.2, 0.25) is 0 Å². The van der Waals surface area contributed by atoms with Crippen molar-refractivity contribution in [3.05, 3.63) is 88.5 Å². The molecule has 3 aromatic rings. The Morgan fingerprint density at radius 1 is 1.23 bits per heavy atom. The number of hydrogen-bond acceptors (Lipinski definition) is 6. The first-order valence-corrected chi connectivity index (χ1v) is 14.0. The largest absolute Gasteiger partial charge is 0.373 e. The lowest BCUT2D eigenvalue weighted by Gasteiger charge is -2.20. The van der Waals surface area contributed by atoms with Crippen molar-refractivity contribution in [3.63, 3.8) is 0 Å². The minimum Gasteiger partial charge on any atom is -0.373 e. The minimum absolute atomic E-state index is 0.0331. The molecule has 2 amide bonds. The molecule has 2 aromatic heterocycles. The monoisotopic (exact) mass is 544 g/mol. The lowest BCUT2D eigenvalue weighted by atomic mass is 10.2. The van der Waals surface area contributed by atoms with E-state index < -0.39 is 0 Å². The maximum atomic E-state index is 13.2. The molecule has 202 valence electrons. The van der Waals surface area contributed by atoms with Crippen molar-refractivity contribution in [2.24, 2.45) is 5.92 Å². The molecule has 0 atom stereocenters. The van der Waals surface area contributed by atoms with Crippen molar-refractivity contribution in [1.29, 1.82) is 5.41 Å². The van der Waals surface area contributed by atoms with Gasteiger partial charge in [-0.3, -0.25) is 19.7 Å². The highest BCUT2D eigenvalue weighted by atomic mass is 32.2. The van der Waals surface area contributed by atoms with Gasteiger partial charge in [0.1, 0.15) is 11.4 Å². The smallest absolute Gasteiger partial charge is 0.257 e. The molecule has 0 bridgehead atoms. The van der Waals surface area contributed by atoms with Crippen molar-refractivity contribution < 1.29 is 14.3 Å². The van der Waals surface area contributed by atoms with Crippen LogP contribution >= 0.6 is 11.8 Å². The molecule has 0 saturated heterocycles. The van der Waals surface area contributed by atoms with E-state index >= 15 is 0 Å². The molecule has 1 aliphatic heterocycles. The number of nitrogens with one attached hydrogen (secondary N) is 3. The number of rotatable bonds is 10. The topological polar surface area (TPSA) is 114 Å². The van der Waals surface area contributed by atoms with Crippen LogP contribution < -0.4 is 16.1 Å². The summed E-state index contributed by atoms with van der Waals surface area (Å²) < 4.78 is 9.36. The van der Waals surface area contributed by atoms with Gasteiger partial charge in [0.25, 0.3) is 5.91 Å². The van der Waals surface area contributed by atoms with Crippen LogP contribution in [-0.4, -0.2) is 39.3 Å². The zero-order valence-corrected chi connectivity index (χ0v) is 22.7. The summed E-state index contributed by atoms with van der Waals surface area (Å²) in [6.45, 7) is 3.79. The quantitative estimate of drug-likeness (QED) is 0.259. The number of thioether (sulfide) groups is 1. The van der Waals surface area contributed by atoms with Gasteiger partial charge < -0.3 is 15.4 Å². The first-order valence-electron chi connectivity index (χ1n) is 13.2. The summed E-state index contributed by atoms with van der Waals surface area (Å²) in [5, 5.41) is 14.6. The lowest BCUT2D eigenvalue weighted by Crippen LogP contribution is -2.30. The van der Waals surface area contributed by atoms with E-state index in [-0.39, 0.29) is 23.2 Å². The van der Waals surface area contributed by atoms with Crippen molar-refractivity contribution in [3.8, 4) is 5.69 Å². The molecule has 5 rings (SSSR count). The standard InChI is InChI=1S/C29H32N6O3S/c1-2-7-22(39-23-13-15-31-25(18-23)33-28(36)20-11-12-20)10-6-14-32-29(37)26-24-19-38-17-16-34(24)35(27(26)30)21-8-4-3-5-9-21/h3-10,13,15,18,20,30H,2,11-12,14,16-17,19H2,1H3,(H,32,37)(H,31,33,36)/b10-6-,22-7+,30-27?. The molecule has 1 fully saturated rings. The summed E-state index contributed by atoms with van der Waals surface area (Å²) in [7, 11) is 0. The molecule has 10 heteroatoms. The molecule has 3 N–H and O–H groups in total. The number of allylic oxidation sites excluding steroid dienone is 2. The van der Waals surface area contributed by atoms with Crippen LogP contribution in [0.5, 0.6) is 0 Å². The van der Waals surface area contributed by atoms with Gasteiger partial charge in [-0.25, -0.2) is 9.67 Å². The number of nitrogens with zero attached hydrogens (tertiary/aromatic N) is 3. The summed E-state index contributed by atoms with van der Waals surface area (Å²) in [6, 6.07) is 13.4. The number of amides is 2. The molecule has 2 aliphatic rings. The second kappa shape index (κ2) is 12.3. The fourth-order valence-electron chi connectivity index (χ4n) is 4.40. The van der Waals surface area contributed by atoms with Gasteiger partial charge in [0.15, 0.2) is 5.49 Å². The van der Waals surface area contributed by atoms with E-state index in [1.165, 1.54) is 0 Å². The summed E-state index contributed by atoms with van der Waals surface area (Å²) >= 11 is 1.57. The molecule has 9 nitrogen and oxygen atoms in total. The molecule has 3 heterocycles. The first-order chi connectivity index (χ1) is 19.0. The van der Waals surface area contributed by atoms with Crippen LogP contribution in [-0.2, 0) is 22.7 Å². The Hall–Kier alpha value is -3.89. The Morgan fingerprint density at radius 3 is 2.82 bits per heavy atom. The second-order valence-electron chi connectivity index (χ2n) is 9.36. The Kier molecular flexibility index (Phi) is 8.43. The van der Waals surface area contributed by atoms with E-state index in [1.54, 1.807) is 22.6 Å². The molecule has 0 spiro atoms. The summed E-state index contributed by atoms with van der Waals surface area (Å²) in [6.07, 6.45) is 10.4. The minimum atomic E-state index is -0.299. The third-order valence-corrected chi connectivity index (χ3v) is 7.47. The van der Waals surface area contributed by atoms with E-state index in [0.29, 0.717) is 43.4 Å². The number of fused-ring (bicyclic) bond motifs is 1. The van der Waals surface area contributed by atoms with E-state index in [4.69, 9.17) is 10.1 Å². The molecule has 1 aromatic carbocycles. The van der Waals surface area contributed by atoms with Crippen molar-refractivity contribution in [1.82, 2.24) is 19.7 Å². The van der Waals surface area contributed by atoms with E-state index in [2.05, 4.69) is 28.6 Å². The Labute approximate surface area is 231 Å². The molecule has 0 unspecified atom stereocenters. The molecule has 1 saturated carbocycles. The highest BCUT2D eigenvalue weighted by Gasteiger charge is 2.30. The number of para-hydroxylation sites is 1. The summed E-state index contributed by atoms with van der Waals surface area (Å²) in [4.78, 5) is 31.6. The fraction of sp³-hybridized carbons (Fsp3) is 0.310. The number of carbonyl (C=O) groups excluding carboxylic acids is 2. The van der Waals surface area contributed by atoms with Crippen molar-refractivity contribution >= 4 is 29.4 Å². The van der Waals surface area contributed by atoms with Gasteiger partial charge in [-0.15, -0.1) is 0 Å². The lowest BCUT2D eigenvalue weighted by molar-refractivity contribution is -0.117. The van der Waals surface area contributed by atoms with Crippen LogP contribution in [0.4, 0.5) is 5.82 Å². The molecular weight excluding hydrogens is 512 g/mol. The summed E-state index contributed by atoms with van der Waals surface area (Å²) in [5.74, 6) is 0.414. The average Bonchev–Trinajstić information content (AvgIpc) is 3.75. The summed E-state index contributed by atoms with van der Waals surface area (Å²) in [5.41, 5.74) is 2.03. The number of aromatic nitrogens is 3. The number of carbonyl (C=O) groups is 2. The number of benzene rings is 1. The second-order valence-corrected chi connectivity index (χ2v) is 10.5. The van der Waals surface area contributed by atoms with Gasteiger partial charge >= 0.3 is 0 Å². The molecule has 1 aliphatic carbocycles. The maximum Gasteiger partial charge on any atom is 0.257 e. The zero-order valence-electron chi connectivity index (χ0n) is 21.9. The van der Waals surface area contributed by atoms with Crippen LogP contribution in [0.25, 0.3) is 5.69 Å². The predicted octanol–water partition coefficient (Wildman–Crippen LogP) is 4.40. The SMILES string of the molecule is CC/C=C(\C=C/CNC(=O)c1c2n(n(-c3ccccc3)c1=N)CCOC2)Sc1ccnc(NC(=O)C2CC2)c1. The molecule has 39 heavy (non-hydrogen) atoms. The Bertz CT molecular complexity index is 1470. The molecular formula is C29H32N6O3S. The van der Waals surface area contributed by atoms with Crippen molar-refractivity contribution in [2.45, 2.75) is 44.2 Å². The van der Waals surface area contributed by atoms with E-state index in [0.717, 1.165) is 34.8 Å². The van der Waals surface area contributed by atoms with Gasteiger partial charge in [-0.05, 0) is 43.5 Å². The number of hydrogen-bond donors (Lipinski definition) is 3. The predicted molar refractivity (Wildman–Crippen MR) is 151 cm³/mol. The Balaban J connectivity index is 1.25. The van der Waals surface area contributed by atoms with Crippen LogP contribution in [0.3, 0.4) is 0 Å². The highest BCUT2D eigenvalue weighted by molar-refractivity contribution is 8.03. The third kappa shape index (κ3) is 6.40. The van der Waals surface area contributed by atoms with Crippen LogP contribution in [0.1, 0.15) is 42.2 Å². The Morgan fingerprint density at radius 2 is 2.05 bits per heavy atom. The average molecular weight is 545 g/mol. The normalized spacial score (nSPS) is 15.3. The number of ether oxygens (including phenoxy) is 1. The maximum absolute atomic E-state index is 13.2. The van der Waals surface area contributed by atoms with Gasteiger partial charge in [0.05, 0.1) is 31.1 Å². The van der Waals surface area contributed by atoms with Gasteiger partial charge in [-0.1, -0.05) is 55.1 Å². The van der Waals surface area contributed by atoms with Crippen LogP contribution in [0.15, 0.2) is 76.7 Å². The number of anilines is 1. The zero-order chi connectivity index (χ0) is 27.2. The highest BCUT2D eigenvalue weighted by Crippen LogP contribution is 2.32. The van der Waals surface area contributed by atoms with Crippen molar-refractivity contribution in [2.75, 3.05) is 18.5 Å². The first kappa shape index (κ1) is 26.7. The van der Waals surface area contributed by atoms with E-state index in [1.807, 2.05) is 59.3 Å². The van der Waals surface area contributed by atoms with Gasteiger partial charge in [-0.2, -0.15) is 0 Å².